The minimum atomic E-state index is -0.530. The van der Waals surface area contributed by atoms with E-state index in [2.05, 4.69) is 0 Å². The van der Waals surface area contributed by atoms with Crippen LogP contribution in [0.3, 0.4) is 0 Å². The van der Waals surface area contributed by atoms with Gasteiger partial charge in [-0.25, -0.2) is 0 Å². The van der Waals surface area contributed by atoms with Crippen molar-refractivity contribution in [2.45, 2.75) is 17.7 Å². The molecule has 0 spiro atoms. The summed E-state index contributed by atoms with van der Waals surface area (Å²) in [5.74, 6) is 2.78. The van der Waals surface area contributed by atoms with Crippen molar-refractivity contribution in [2.24, 2.45) is 0 Å². The van der Waals surface area contributed by atoms with Crippen LogP contribution in [0.1, 0.15) is 6.92 Å². The number of rotatable bonds is 2. The minimum absolute atomic E-state index is 0.0115. The van der Waals surface area contributed by atoms with Gasteiger partial charge in [-0.05, 0) is 6.92 Å². The maximum Gasteiger partial charge on any atom is 0.324 e. The van der Waals surface area contributed by atoms with Gasteiger partial charge in [0.1, 0.15) is 5.38 Å². The van der Waals surface area contributed by atoms with Crippen LogP contribution in [0, 0.1) is 0 Å². The van der Waals surface area contributed by atoms with Gasteiger partial charge in [0.25, 0.3) is 0 Å². The Kier molecular flexibility index (Phi) is 4.61. The molecule has 0 bridgehead atoms. The number of carbonyl (C=O) groups excluding carboxylic acids is 1. The second-order valence-electron chi connectivity index (χ2n) is 2.43. The highest BCUT2D eigenvalue weighted by molar-refractivity contribution is 8.06. The van der Waals surface area contributed by atoms with Crippen molar-refractivity contribution in [2.75, 3.05) is 17.3 Å². The first-order chi connectivity index (χ1) is 5.70. The quantitative estimate of drug-likeness (QED) is 0.531. The SMILES string of the molecule is CC(Cl)C(=O)OC1CSCCS1. The van der Waals surface area contributed by atoms with Gasteiger partial charge in [-0.2, -0.15) is 11.8 Å². The van der Waals surface area contributed by atoms with Crippen LogP contribution in [-0.2, 0) is 9.53 Å². The van der Waals surface area contributed by atoms with Crippen LogP contribution in [0.2, 0.25) is 0 Å². The highest BCUT2D eigenvalue weighted by atomic mass is 35.5. The Morgan fingerprint density at radius 1 is 1.67 bits per heavy atom. The van der Waals surface area contributed by atoms with E-state index in [1.54, 1.807) is 18.7 Å². The topological polar surface area (TPSA) is 26.3 Å². The lowest BCUT2D eigenvalue weighted by Crippen LogP contribution is -2.25. The number of carbonyl (C=O) groups is 1. The summed E-state index contributed by atoms with van der Waals surface area (Å²) < 4.78 is 5.12. The summed E-state index contributed by atoms with van der Waals surface area (Å²) in [5.41, 5.74) is 0.0115. The van der Waals surface area contributed by atoms with Crippen molar-refractivity contribution in [1.82, 2.24) is 0 Å². The summed E-state index contributed by atoms with van der Waals surface area (Å²) in [5, 5.41) is -0.530. The standard InChI is InChI=1S/C7H11ClO2S2/c1-5(8)7(9)10-6-4-11-2-3-12-6/h5-6H,2-4H2,1H3. The van der Waals surface area contributed by atoms with Crippen molar-refractivity contribution in [3.8, 4) is 0 Å². The molecule has 0 aliphatic carbocycles. The molecule has 2 unspecified atom stereocenters. The lowest BCUT2D eigenvalue weighted by Gasteiger charge is -2.21. The fraction of sp³-hybridized carbons (Fsp3) is 0.857. The molecular formula is C7H11ClO2S2. The first-order valence-corrected chi connectivity index (χ1v) is 6.38. The first-order valence-electron chi connectivity index (χ1n) is 3.74. The summed E-state index contributed by atoms with van der Waals surface area (Å²) in [4.78, 5) is 11.0. The molecule has 1 saturated heterocycles. The Bertz CT molecular complexity index is 157. The van der Waals surface area contributed by atoms with Crippen LogP contribution in [0.5, 0.6) is 0 Å². The molecule has 0 radical (unpaired) electrons. The third-order valence-corrected chi connectivity index (χ3v) is 4.11. The van der Waals surface area contributed by atoms with Gasteiger partial charge in [0.05, 0.1) is 0 Å². The number of alkyl halides is 1. The number of halogens is 1. The summed E-state index contributed by atoms with van der Waals surface area (Å²) in [6.45, 7) is 1.63. The second-order valence-corrected chi connectivity index (χ2v) is 5.50. The zero-order valence-corrected chi connectivity index (χ0v) is 9.18. The molecule has 0 N–H and O–H groups in total. The molecule has 0 aromatic carbocycles. The van der Waals surface area contributed by atoms with Gasteiger partial charge in [-0.1, -0.05) is 0 Å². The highest BCUT2D eigenvalue weighted by Gasteiger charge is 2.20. The van der Waals surface area contributed by atoms with E-state index in [9.17, 15) is 4.79 Å². The molecule has 1 aliphatic heterocycles. The predicted octanol–water partition coefficient (Wildman–Crippen LogP) is 1.96. The molecule has 70 valence electrons. The van der Waals surface area contributed by atoms with Crippen molar-refractivity contribution >= 4 is 41.1 Å². The molecule has 1 heterocycles. The van der Waals surface area contributed by atoms with Crippen molar-refractivity contribution in [3.05, 3.63) is 0 Å². The number of hydrogen-bond donors (Lipinski definition) is 0. The molecule has 0 amide bonds. The summed E-state index contributed by atoms with van der Waals surface area (Å²) in [6, 6.07) is 0. The molecule has 12 heavy (non-hydrogen) atoms. The van der Waals surface area contributed by atoms with E-state index in [0.717, 1.165) is 17.3 Å². The van der Waals surface area contributed by atoms with Gasteiger partial charge in [0, 0.05) is 17.3 Å². The molecule has 0 aromatic rings. The molecule has 1 aliphatic rings. The second kappa shape index (κ2) is 5.25. The van der Waals surface area contributed by atoms with E-state index in [0.29, 0.717) is 0 Å². The average Bonchev–Trinajstić information content (AvgIpc) is 2.06. The van der Waals surface area contributed by atoms with E-state index < -0.39 is 5.38 Å². The highest BCUT2D eigenvalue weighted by Crippen LogP contribution is 2.25. The molecule has 1 rings (SSSR count). The van der Waals surface area contributed by atoms with Crippen LogP contribution in [0.4, 0.5) is 0 Å². The monoisotopic (exact) mass is 226 g/mol. The fourth-order valence-corrected chi connectivity index (χ4v) is 3.19. The zero-order valence-electron chi connectivity index (χ0n) is 6.79. The molecule has 2 nitrogen and oxygen atoms in total. The summed E-state index contributed by atoms with van der Waals surface area (Å²) in [6.07, 6.45) is 0. The van der Waals surface area contributed by atoms with E-state index in [4.69, 9.17) is 16.3 Å². The Hall–Kier alpha value is 0.460. The minimum Gasteiger partial charge on any atom is -0.449 e. The van der Waals surface area contributed by atoms with Gasteiger partial charge in [-0.3, -0.25) is 4.79 Å². The Balaban J connectivity index is 2.24. The number of ether oxygens (including phenoxy) is 1. The normalized spacial score (nSPS) is 26.3. The van der Waals surface area contributed by atoms with Crippen LogP contribution >= 0.6 is 35.1 Å². The molecule has 1 fully saturated rings. The van der Waals surface area contributed by atoms with Crippen LogP contribution in [-0.4, -0.2) is 34.0 Å². The number of esters is 1. The van der Waals surface area contributed by atoms with Gasteiger partial charge in [0.2, 0.25) is 0 Å². The van der Waals surface area contributed by atoms with Gasteiger partial charge >= 0.3 is 5.97 Å². The maximum atomic E-state index is 11.0. The Morgan fingerprint density at radius 3 is 2.92 bits per heavy atom. The molecule has 0 saturated carbocycles. The zero-order chi connectivity index (χ0) is 8.97. The average molecular weight is 227 g/mol. The third-order valence-electron chi connectivity index (χ3n) is 1.36. The molecule has 2 atom stereocenters. The Morgan fingerprint density at radius 2 is 2.42 bits per heavy atom. The number of thioether (sulfide) groups is 2. The van der Waals surface area contributed by atoms with Gasteiger partial charge in [-0.15, -0.1) is 23.4 Å². The van der Waals surface area contributed by atoms with Crippen molar-refractivity contribution < 1.29 is 9.53 Å². The summed E-state index contributed by atoms with van der Waals surface area (Å²) >= 11 is 9.06. The van der Waals surface area contributed by atoms with Crippen molar-refractivity contribution in [3.63, 3.8) is 0 Å². The van der Waals surface area contributed by atoms with Crippen LogP contribution in [0.25, 0.3) is 0 Å². The molecular weight excluding hydrogens is 216 g/mol. The first kappa shape index (κ1) is 10.5. The van der Waals surface area contributed by atoms with E-state index in [-0.39, 0.29) is 11.4 Å². The van der Waals surface area contributed by atoms with Gasteiger partial charge in [0.15, 0.2) is 5.44 Å². The largest absolute Gasteiger partial charge is 0.449 e. The Labute approximate surface area is 85.7 Å². The van der Waals surface area contributed by atoms with Crippen LogP contribution < -0.4 is 0 Å². The third kappa shape index (κ3) is 3.46. The lowest BCUT2D eigenvalue weighted by molar-refractivity contribution is -0.143. The van der Waals surface area contributed by atoms with Crippen LogP contribution in [0.15, 0.2) is 0 Å². The fourth-order valence-electron chi connectivity index (χ4n) is 0.758. The summed E-state index contributed by atoms with van der Waals surface area (Å²) in [7, 11) is 0. The van der Waals surface area contributed by atoms with E-state index >= 15 is 0 Å². The smallest absolute Gasteiger partial charge is 0.324 e. The number of hydrogen-bond acceptors (Lipinski definition) is 4. The predicted molar refractivity (Wildman–Crippen MR) is 55.0 cm³/mol. The lowest BCUT2D eigenvalue weighted by atomic mass is 10.5. The van der Waals surface area contributed by atoms with Gasteiger partial charge < -0.3 is 4.74 Å². The van der Waals surface area contributed by atoms with Crippen molar-refractivity contribution in [1.29, 1.82) is 0 Å². The maximum absolute atomic E-state index is 11.0. The van der Waals surface area contributed by atoms with E-state index in [1.807, 2.05) is 11.8 Å². The van der Waals surface area contributed by atoms with E-state index in [1.165, 1.54) is 0 Å². The molecule has 5 heteroatoms. The molecule has 0 aromatic heterocycles.